The average Bonchev–Trinajstić information content (AvgIpc) is 2.88. The molecule has 3 aromatic rings. The van der Waals surface area contributed by atoms with Crippen LogP contribution in [0.4, 0.5) is 14.9 Å². The van der Waals surface area contributed by atoms with E-state index in [1.807, 2.05) is 6.92 Å². The Hall–Kier alpha value is -4.45. The van der Waals surface area contributed by atoms with Crippen LogP contribution in [0.2, 0.25) is 0 Å². The third-order valence-corrected chi connectivity index (χ3v) is 6.75. The average molecular weight is 530 g/mol. The van der Waals surface area contributed by atoms with Crippen molar-refractivity contribution < 1.29 is 36.6 Å². The molecule has 1 amide bonds. The number of hydrazone groups is 1. The molecule has 194 valence electrons. The Labute approximate surface area is 213 Å². The standard InChI is InChI=1S/C25H24FN3O7S/c1-17-4-9-20(10-5-17)29(37(32,33)21-11-7-19(26)8-12-21)16-24(30)28-27-15-18-6-13-22(23(14-18)34-2)36-25(31)35-3/h4-15H,16H2,1-3H3,(H,28,30)/b27-15-. The summed E-state index contributed by atoms with van der Waals surface area (Å²) in [6.07, 6.45) is 0.383. The molecular formula is C25H24FN3O7S. The molecule has 3 aromatic carbocycles. The fourth-order valence-corrected chi connectivity index (χ4v) is 4.51. The quantitative estimate of drug-likeness (QED) is 0.194. The topological polar surface area (TPSA) is 124 Å². The Balaban J connectivity index is 1.78. The maximum atomic E-state index is 13.4. The summed E-state index contributed by atoms with van der Waals surface area (Å²) in [7, 11) is -1.65. The van der Waals surface area contributed by atoms with E-state index < -0.39 is 34.4 Å². The molecule has 3 rings (SSSR count). The molecule has 10 nitrogen and oxygen atoms in total. The number of rotatable bonds is 9. The monoisotopic (exact) mass is 529 g/mol. The Kier molecular flexibility index (Phi) is 8.80. The lowest BCUT2D eigenvalue weighted by atomic mass is 10.2. The lowest BCUT2D eigenvalue weighted by Crippen LogP contribution is -2.39. The number of nitrogens with one attached hydrogen (secondary N) is 1. The highest BCUT2D eigenvalue weighted by molar-refractivity contribution is 7.92. The van der Waals surface area contributed by atoms with Gasteiger partial charge in [-0.1, -0.05) is 17.7 Å². The van der Waals surface area contributed by atoms with Crippen molar-refractivity contribution in [3.8, 4) is 11.5 Å². The van der Waals surface area contributed by atoms with Crippen molar-refractivity contribution in [1.29, 1.82) is 0 Å². The first-order chi connectivity index (χ1) is 17.6. The van der Waals surface area contributed by atoms with Crippen LogP contribution in [0, 0.1) is 12.7 Å². The molecule has 0 spiro atoms. The van der Waals surface area contributed by atoms with Gasteiger partial charge in [-0.2, -0.15) is 5.10 Å². The number of benzene rings is 3. The van der Waals surface area contributed by atoms with Crippen molar-refractivity contribution in [3.63, 3.8) is 0 Å². The molecule has 0 aliphatic rings. The second-order valence-electron chi connectivity index (χ2n) is 7.56. The molecule has 12 heteroatoms. The van der Waals surface area contributed by atoms with Crippen LogP contribution in [-0.2, 0) is 19.6 Å². The maximum absolute atomic E-state index is 13.4. The van der Waals surface area contributed by atoms with E-state index in [9.17, 15) is 22.4 Å². The first kappa shape index (κ1) is 27.1. The summed E-state index contributed by atoms with van der Waals surface area (Å²) in [5.74, 6) is -0.971. The van der Waals surface area contributed by atoms with Crippen LogP contribution < -0.4 is 19.2 Å². The Morgan fingerprint density at radius 3 is 2.30 bits per heavy atom. The van der Waals surface area contributed by atoms with Gasteiger partial charge >= 0.3 is 6.16 Å². The van der Waals surface area contributed by atoms with Crippen LogP contribution in [0.1, 0.15) is 11.1 Å². The van der Waals surface area contributed by atoms with E-state index in [1.54, 1.807) is 30.3 Å². The Morgan fingerprint density at radius 1 is 1.00 bits per heavy atom. The summed E-state index contributed by atoms with van der Waals surface area (Å²) in [5, 5.41) is 3.87. The minimum absolute atomic E-state index is 0.121. The highest BCUT2D eigenvalue weighted by Gasteiger charge is 2.27. The zero-order chi connectivity index (χ0) is 27.0. The second-order valence-corrected chi connectivity index (χ2v) is 9.42. The third kappa shape index (κ3) is 7.04. The number of aryl methyl sites for hydroxylation is 1. The summed E-state index contributed by atoms with van der Waals surface area (Å²) in [6, 6.07) is 15.4. The number of sulfonamides is 1. The van der Waals surface area contributed by atoms with Gasteiger partial charge in [-0.3, -0.25) is 9.10 Å². The minimum Gasteiger partial charge on any atom is -0.493 e. The molecule has 0 aliphatic carbocycles. The van der Waals surface area contributed by atoms with Crippen LogP contribution in [0.3, 0.4) is 0 Å². The van der Waals surface area contributed by atoms with E-state index >= 15 is 0 Å². The molecule has 1 N–H and O–H groups in total. The van der Waals surface area contributed by atoms with E-state index in [1.165, 1.54) is 32.6 Å². The number of halogens is 1. The van der Waals surface area contributed by atoms with Gasteiger partial charge in [-0.25, -0.2) is 23.0 Å². The van der Waals surface area contributed by atoms with Gasteiger partial charge in [0.2, 0.25) is 0 Å². The number of anilines is 1. The number of carbonyl (C=O) groups is 2. The summed E-state index contributed by atoms with van der Waals surface area (Å²) < 4.78 is 55.4. The number of carbonyl (C=O) groups excluding carboxylic acids is 2. The largest absolute Gasteiger partial charge is 0.513 e. The highest BCUT2D eigenvalue weighted by Crippen LogP contribution is 2.28. The molecule has 37 heavy (non-hydrogen) atoms. The molecule has 0 aromatic heterocycles. The number of hydrogen-bond acceptors (Lipinski definition) is 8. The van der Waals surface area contributed by atoms with Crippen molar-refractivity contribution in [3.05, 3.63) is 83.7 Å². The molecule has 0 radical (unpaired) electrons. The van der Waals surface area contributed by atoms with Crippen molar-refractivity contribution >= 4 is 34.0 Å². The summed E-state index contributed by atoms with van der Waals surface area (Å²) >= 11 is 0. The van der Waals surface area contributed by atoms with Crippen LogP contribution in [-0.4, -0.2) is 47.5 Å². The van der Waals surface area contributed by atoms with E-state index in [0.717, 1.165) is 34.1 Å². The van der Waals surface area contributed by atoms with Gasteiger partial charge in [0.15, 0.2) is 11.5 Å². The molecule has 0 aliphatic heterocycles. The lowest BCUT2D eigenvalue weighted by molar-refractivity contribution is -0.119. The fraction of sp³-hybridized carbons (Fsp3) is 0.160. The first-order valence-corrected chi connectivity index (χ1v) is 12.2. The van der Waals surface area contributed by atoms with Gasteiger partial charge < -0.3 is 14.2 Å². The minimum atomic E-state index is -4.20. The number of amides is 1. The molecule has 0 heterocycles. The molecule has 0 unspecified atom stereocenters. The van der Waals surface area contributed by atoms with Crippen molar-refractivity contribution in [2.24, 2.45) is 5.10 Å². The molecular weight excluding hydrogens is 505 g/mol. The first-order valence-electron chi connectivity index (χ1n) is 10.7. The lowest BCUT2D eigenvalue weighted by Gasteiger charge is -2.23. The maximum Gasteiger partial charge on any atom is 0.513 e. The highest BCUT2D eigenvalue weighted by atomic mass is 32.2. The SMILES string of the molecule is COC(=O)Oc1ccc(/C=N\NC(=O)CN(c2ccc(C)cc2)S(=O)(=O)c2ccc(F)cc2)cc1OC. The van der Waals surface area contributed by atoms with Gasteiger partial charge in [-0.05, 0) is 67.1 Å². The Bertz CT molecular complexity index is 1390. The number of methoxy groups -OCH3 is 2. The second kappa shape index (κ2) is 12.0. The van der Waals surface area contributed by atoms with Crippen LogP contribution in [0.5, 0.6) is 11.5 Å². The molecule has 0 atom stereocenters. The normalized spacial score (nSPS) is 11.1. The van der Waals surface area contributed by atoms with E-state index in [-0.39, 0.29) is 22.1 Å². The van der Waals surface area contributed by atoms with Crippen LogP contribution in [0.15, 0.2) is 76.7 Å². The smallest absolute Gasteiger partial charge is 0.493 e. The van der Waals surface area contributed by atoms with Crippen molar-refractivity contribution in [2.45, 2.75) is 11.8 Å². The summed E-state index contributed by atoms with van der Waals surface area (Å²) in [4.78, 5) is 23.8. The summed E-state index contributed by atoms with van der Waals surface area (Å²) in [5.41, 5.74) is 3.93. The molecule has 0 fully saturated rings. The predicted octanol–water partition coefficient (Wildman–Crippen LogP) is 3.63. The van der Waals surface area contributed by atoms with E-state index in [2.05, 4.69) is 15.3 Å². The van der Waals surface area contributed by atoms with Crippen molar-refractivity contribution in [1.82, 2.24) is 5.43 Å². The van der Waals surface area contributed by atoms with Gasteiger partial charge in [0, 0.05) is 0 Å². The fourth-order valence-electron chi connectivity index (χ4n) is 3.08. The number of nitrogens with zero attached hydrogens (tertiary/aromatic N) is 2. The van der Waals surface area contributed by atoms with Crippen LogP contribution in [0.25, 0.3) is 0 Å². The molecule has 0 bridgehead atoms. The predicted molar refractivity (Wildman–Crippen MR) is 134 cm³/mol. The molecule has 0 saturated carbocycles. The van der Waals surface area contributed by atoms with Gasteiger partial charge in [0.1, 0.15) is 12.4 Å². The third-order valence-electron chi connectivity index (χ3n) is 4.96. The van der Waals surface area contributed by atoms with Crippen LogP contribution >= 0.6 is 0 Å². The van der Waals surface area contributed by atoms with Gasteiger partial charge in [-0.15, -0.1) is 0 Å². The zero-order valence-electron chi connectivity index (χ0n) is 20.2. The Morgan fingerprint density at radius 2 is 1.68 bits per heavy atom. The number of ether oxygens (including phenoxy) is 3. The zero-order valence-corrected chi connectivity index (χ0v) is 21.0. The van der Waals surface area contributed by atoms with E-state index in [0.29, 0.717) is 5.56 Å². The molecule has 0 saturated heterocycles. The van der Waals surface area contributed by atoms with Gasteiger partial charge in [0.25, 0.3) is 15.9 Å². The summed E-state index contributed by atoms with van der Waals surface area (Å²) in [6.45, 7) is 1.25. The number of hydrogen-bond donors (Lipinski definition) is 1. The van der Waals surface area contributed by atoms with E-state index in [4.69, 9.17) is 9.47 Å². The van der Waals surface area contributed by atoms with Crippen molar-refractivity contribution in [2.75, 3.05) is 25.1 Å². The van der Waals surface area contributed by atoms with Gasteiger partial charge in [0.05, 0.1) is 31.0 Å².